The minimum absolute atomic E-state index is 0.0201. The highest BCUT2D eigenvalue weighted by Crippen LogP contribution is 2.40. The molecule has 160 valence electrons. The average molecular weight is 427 g/mol. The normalized spacial score (nSPS) is 17.3. The van der Waals surface area contributed by atoms with Gasteiger partial charge in [-0.05, 0) is 18.9 Å². The molecule has 29 heavy (non-hydrogen) atoms. The van der Waals surface area contributed by atoms with Crippen LogP contribution in [0.15, 0.2) is 12.1 Å². The van der Waals surface area contributed by atoms with E-state index in [2.05, 4.69) is 5.32 Å². The molecular formula is C20H27ClN2O6. The summed E-state index contributed by atoms with van der Waals surface area (Å²) >= 11 is 6.20. The van der Waals surface area contributed by atoms with Gasteiger partial charge in [-0.25, -0.2) is 4.79 Å². The number of carbonyl (C=O) groups is 3. The van der Waals surface area contributed by atoms with Crippen LogP contribution < -0.4 is 19.7 Å². The number of nitrogens with zero attached hydrogens (tertiary/aromatic N) is 1. The van der Waals surface area contributed by atoms with E-state index < -0.39 is 17.9 Å². The molecule has 1 aromatic rings. The van der Waals surface area contributed by atoms with Crippen molar-refractivity contribution in [3.05, 3.63) is 17.2 Å². The van der Waals surface area contributed by atoms with E-state index in [1.54, 1.807) is 19.1 Å². The first-order valence-corrected chi connectivity index (χ1v) is 9.80. The van der Waals surface area contributed by atoms with Crippen LogP contribution in [0.4, 0.5) is 5.69 Å². The number of anilines is 1. The zero-order valence-corrected chi connectivity index (χ0v) is 18.0. The highest BCUT2D eigenvalue weighted by molar-refractivity contribution is 6.32. The van der Waals surface area contributed by atoms with Crippen LogP contribution in [-0.2, 0) is 19.1 Å². The Balaban J connectivity index is 2.19. The number of carbonyl (C=O) groups excluding carboxylic acids is 3. The monoisotopic (exact) mass is 426 g/mol. The SMILES string of the molecule is CCOC(=O)[C@@H](NC(=O)[C@H]1CC(=O)N(c2cc(Cl)c(OC)cc2OC)C1)C(C)C. The molecule has 1 saturated heterocycles. The molecule has 0 bridgehead atoms. The highest BCUT2D eigenvalue weighted by atomic mass is 35.5. The number of benzene rings is 1. The summed E-state index contributed by atoms with van der Waals surface area (Å²) in [6, 6.07) is 2.40. The van der Waals surface area contributed by atoms with E-state index in [0.717, 1.165) is 0 Å². The minimum Gasteiger partial charge on any atom is -0.495 e. The number of ether oxygens (including phenoxy) is 3. The predicted octanol–water partition coefficient (Wildman–Crippen LogP) is 2.41. The molecule has 2 rings (SSSR count). The third-order valence-corrected chi connectivity index (χ3v) is 5.04. The van der Waals surface area contributed by atoms with Crippen molar-refractivity contribution in [3.63, 3.8) is 0 Å². The molecule has 0 saturated carbocycles. The molecule has 1 N–H and O–H groups in total. The second kappa shape index (κ2) is 9.82. The van der Waals surface area contributed by atoms with E-state index in [1.807, 2.05) is 13.8 Å². The van der Waals surface area contributed by atoms with Crippen molar-refractivity contribution in [3.8, 4) is 11.5 Å². The molecule has 1 aliphatic rings. The Kier molecular flexibility index (Phi) is 7.73. The zero-order chi connectivity index (χ0) is 21.7. The molecule has 0 aromatic heterocycles. The Bertz CT molecular complexity index is 782. The van der Waals surface area contributed by atoms with Gasteiger partial charge in [-0.2, -0.15) is 0 Å². The van der Waals surface area contributed by atoms with Gasteiger partial charge in [0.05, 0.1) is 37.5 Å². The van der Waals surface area contributed by atoms with Gasteiger partial charge in [-0.3, -0.25) is 9.59 Å². The van der Waals surface area contributed by atoms with Crippen molar-refractivity contribution in [2.75, 3.05) is 32.3 Å². The molecule has 1 heterocycles. The van der Waals surface area contributed by atoms with E-state index in [1.165, 1.54) is 19.1 Å². The molecule has 0 unspecified atom stereocenters. The summed E-state index contributed by atoms with van der Waals surface area (Å²) < 4.78 is 15.6. The summed E-state index contributed by atoms with van der Waals surface area (Å²) in [4.78, 5) is 38.9. The Morgan fingerprint density at radius 1 is 1.24 bits per heavy atom. The van der Waals surface area contributed by atoms with E-state index in [9.17, 15) is 14.4 Å². The molecule has 0 radical (unpaired) electrons. The number of esters is 1. The van der Waals surface area contributed by atoms with Gasteiger partial charge in [-0.15, -0.1) is 0 Å². The molecule has 9 heteroatoms. The van der Waals surface area contributed by atoms with E-state index in [-0.39, 0.29) is 37.3 Å². The maximum absolute atomic E-state index is 12.7. The number of hydrogen-bond acceptors (Lipinski definition) is 6. The summed E-state index contributed by atoms with van der Waals surface area (Å²) in [5.41, 5.74) is 0.462. The molecule has 1 fully saturated rings. The first kappa shape index (κ1) is 22.8. The van der Waals surface area contributed by atoms with Gasteiger partial charge in [0.2, 0.25) is 11.8 Å². The first-order valence-electron chi connectivity index (χ1n) is 9.42. The van der Waals surface area contributed by atoms with Crippen LogP contribution in [0.1, 0.15) is 27.2 Å². The van der Waals surface area contributed by atoms with Gasteiger partial charge in [0.1, 0.15) is 17.5 Å². The fourth-order valence-corrected chi connectivity index (χ4v) is 3.41. The molecule has 2 amide bonds. The van der Waals surface area contributed by atoms with Crippen LogP contribution in [0.2, 0.25) is 5.02 Å². The lowest BCUT2D eigenvalue weighted by molar-refractivity contribution is -0.149. The Hall–Kier alpha value is -2.48. The second-order valence-electron chi connectivity index (χ2n) is 7.05. The van der Waals surface area contributed by atoms with E-state index in [0.29, 0.717) is 22.2 Å². The topological polar surface area (TPSA) is 94.2 Å². The van der Waals surface area contributed by atoms with Crippen LogP contribution in [-0.4, -0.2) is 51.2 Å². The predicted molar refractivity (Wildman–Crippen MR) is 108 cm³/mol. The van der Waals surface area contributed by atoms with Gasteiger partial charge in [0, 0.05) is 19.0 Å². The molecular weight excluding hydrogens is 400 g/mol. The lowest BCUT2D eigenvalue weighted by atomic mass is 10.0. The molecule has 1 aromatic carbocycles. The van der Waals surface area contributed by atoms with Crippen molar-refractivity contribution < 1.29 is 28.6 Å². The second-order valence-corrected chi connectivity index (χ2v) is 7.45. The lowest BCUT2D eigenvalue weighted by Crippen LogP contribution is -2.47. The third-order valence-electron chi connectivity index (χ3n) is 4.74. The molecule has 1 aliphatic heterocycles. The van der Waals surface area contributed by atoms with Gasteiger partial charge >= 0.3 is 5.97 Å². The summed E-state index contributed by atoms with van der Waals surface area (Å²) in [6.07, 6.45) is 0.0201. The quantitative estimate of drug-likeness (QED) is 0.641. The Morgan fingerprint density at radius 2 is 1.90 bits per heavy atom. The summed E-state index contributed by atoms with van der Waals surface area (Å²) in [6.45, 7) is 5.72. The summed E-state index contributed by atoms with van der Waals surface area (Å²) in [5.74, 6) is -1.01. The summed E-state index contributed by atoms with van der Waals surface area (Å²) in [5, 5.41) is 3.05. The largest absolute Gasteiger partial charge is 0.495 e. The Morgan fingerprint density at radius 3 is 2.45 bits per heavy atom. The smallest absolute Gasteiger partial charge is 0.328 e. The van der Waals surface area contributed by atoms with Crippen LogP contribution in [0.25, 0.3) is 0 Å². The van der Waals surface area contributed by atoms with Crippen LogP contribution in [0.5, 0.6) is 11.5 Å². The third kappa shape index (κ3) is 5.12. The van der Waals surface area contributed by atoms with E-state index in [4.69, 9.17) is 25.8 Å². The molecule has 0 spiro atoms. The Labute approximate surface area is 175 Å². The van der Waals surface area contributed by atoms with Gasteiger partial charge in [0.15, 0.2) is 0 Å². The standard InChI is InChI=1S/C20H27ClN2O6/c1-6-29-20(26)18(11(2)3)22-19(25)12-7-17(24)23(10-12)14-8-13(21)15(27-4)9-16(14)28-5/h8-9,11-12,18H,6-7,10H2,1-5H3,(H,22,25)/t12-,18-/m0/s1. The minimum atomic E-state index is -0.767. The van der Waals surface area contributed by atoms with Crippen LogP contribution in [0.3, 0.4) is 0 Å². The van der Waals surface area contributed by atoms with Crippen LogP contribution in [0, 0.1) is 11.8 Å². The number of nitrogens with one attached hydrogen (secondary N) is 1. The number of rotatable bonds is 8. The maximum Gasteiger partial charge on any atom is 0.328 e. The highest BCUT2D eigenvalue weighted by Gasteiger charge is 2.38. The van der Waals surface area contributed by atoms with Crippen molar-refractivity contribution in [1.82, 2.24) is 5.32 Å². The molecule has 8 nitrogen and oxygen atoms in total. The fraction of sp³-hybridized carbons (Fsp3) is 0.550. The summed E-state index contributed by atoms with van der Waals surface area (Å²) in [7, 11) is 2.96. The number of halogens is 1. The van der Waals surface area contributed by atoms with Crippen molar-refractivity contribution in [1.29, 1.82) is 0 Å². The zero-order valence-electron chi connectivity index (χ0n) is 17.3. The molecule has 0 aliphatic carbocycles. The van der Waals surface area contributed by atoms with Crippen LogP contribution >= 0.6 is 11.6 Å². The van der Waals surface area contributed by atoms with Crippen molar-refractivity contribution >= 4 is 35.1 Å². The van der Waals surface area contributed by atoms with Crippen molar-refractivity contribution in [2.45, 2.75) is 33.2 Å². The lowest BCUT2D eigenvalue weighted by Gasteiger charge is -2.23. The number of methoxy groups -OCH3 is 2. The van der Waals surface area contributed by atoms with Gasteiger partial charge in [-0.1, -0.05) is 25.4 Å². The van der Waals surface area contributed by atoms with Gasteiger partial charge in [0.25, 0.3) is 0 Å². The first-order chi connectivity index (χ1) is 13.7. The number of hydrogen-bond donors (Lipinski definition) is 1. The number of amides is 2. The van der Waals surface area contributed by atoms with Crippen molar-refractivity contribution in [2.24, 2.45) is 11.8 Å². The molecule has 2 atom stereocenters. The van der Waals surface area contributed by atoms with E-state index >= 15 is 0 Å². The fourth-order valence-electron chi connectivity index (χ4n) is 3.17. The maximum atomic E-state index is 12.7. The average Bonchev–Trinajstić information content (AvgIpc) is 3.07. The van der Waals surface area contributed by atoms with Gasteiger partial charge < -0.3 is 24.4 Å².